The van der Waals surface area contributed by atoms with E-state index in [1.807, 2.05) is 6.07 Å². The number of oxime groups is 1. The summed E-state index contributed by atoms with van der Waals surface area (Å²) >= 11 is 12.4. The maximum absolute atomic E-state index is 12.9. The van der Waals surface area contributed by atoms with Crippen LogP contribution in [-0.4, -0.2) is 23.6 Å². The van der Waals surface area contributed by atoms with Crippen LogP contribution >= 0.6 is 23.2 Å². The van der Waals surface area contributed by atoms with E-state index in [-0.39, 0.29) is 5.71 Å². The molecule has 0 bridgehead atoms. The number of benzene rings is 2. The van der Waals surface area contributed by atoms with E-state index in [1.165, 1.54) is 0 Å². The number of nitrogens with zero attached hydrogens (tertiary/aromatic N) is 2. The van der Waals surface area contributed by atoms with Gasteiger partial charge >= 0.3 is 0 Å². The van der Waals surface area contributed by atoms with Gasteiger partial charge in [-0.1, -0.05) is 52.6 Å². The Hall–Kier alpha value is -2.37. The zero-order valence-electron chi connectivity index (χ0n) is 12.1. The van der Waals surface area contributed by atoms with Crippen molar-refractivity contribution >= 4 is 46.4 Å². The Kier molecular flexibility index (Phi) is 3.55. The average molecular weight is 361 g/mol. The number of hydrogen-bond acceptors (Lipinski definition) is 4. The van der Waals surface area contributed by atoms with Crippen molar-refractivity contribution in [3.8, 4) is 0 Å². The van der Waals surface area contributed by atoms with Crippen LogP contribution in [0.1, 0.15) is 5.56 Å². The van der Waals surface area contributed by atoms with Crippen LogP contribution in [0.3, 0.4) is 0 Å². The zero-order valence-corrected chi connectivity index (χ0v) is 13.7. The number of carbonyl (C=O) groups is 2. The van der Waals surface area contributed by atoms with Gasteiger partial charge in [0.2, 0.25) is 12.0 Å². The molecule has 1 fully saturated rings. The fourth-order valence-corrected chi connectivity index (χ4v) is 3.55. The van der Waals surface area contributed by atoms with Crippen molar-refractivity contribution in [2.75, 3.05) is 4.90 Å². The molecule has 2 aromatic rings. The number of rotatable bonds is 2. The topological polar surface area (TPSA) is 59.0 Å². The monoisotopic (exact) mass is 360 g/mol. The standard InChI is InChI=1S/C17H10Cl2N2O3/c18-10-7-4-8-11(19)12(10)14-13-15(24-20-14)17(23)21(16(13)22)9-5-2-1-3-6-9/h1-8,13,15H/t13-,15-/m1/s1. The molecule has 0 N–H and O–H groups in total. The smallest absolute Gasteiger partial charge is 0.278 e. The fourth-order valence-electron chi connectivity index (χ4n) is 2.96. The molecule has 2 atom stereocenters. The van der Waals surface area contributed by atoms with Crippen LogP contribution in [0.25, 0.3) is 0 Å². The Bertz CT molecular complexity index is 862. The molecular formula is C17H10Cl2N2O3. The molecule has 0 saturated carbocycles. The Labute approximate surface area is 147 Å². The third-order valence-electron chi connectivity index (χ3n) is 4.05. The van der Waals surface area contributed by atoms with Gasteiger partial charge in [-0.05, 0) is 24.3 Å². The van der Waals surface area contributed by atoms with E-state index < -0.39 is 23.8 Å². The van der Waals surface area contributed by atoms with Gasteiger partial charge < -0.3 is 4.84 Å². The molecule has 0 radical (unpaired) electrons. The summed E-state index contributed by atoms with van der Waals surface area (Å²) in [5.41, 5.74) is 1.20. The lowest BCUT2D eigenvalue weighted by Gasteiger charge is -2.15. The maximum Gasteiger partial charge on any atom is 0.278 e. The van der Waals surface area contributed by atoms with Crippen LogP contribution in [-0.2, 0) is 14.4 Å². The second kappa shape index (κ2) is 5.61. The number of fused-ring (bicyclic) bond motifs is 1. The highest BCUT2D eigenvalue weighted by Crippen LogP contribution is 2.38. The van der Waals surface area contributed by atoms with E-state index in [2.05, 4.69) is 5.16 Å². The number of halogens is 2. The number of imide groups is 1. The number of para-hydroxylation sites is 1. The van der Waals surface area contributed by atoms with Crippen LogP contribution in [0, 0.1) is 5.92 Å². The Balaban J connectivity index is 1.77. The lowest BCUT2D eigenvalue weighted by molar-refractivity contribution is -0.126. The Morgan fingerprint density at radius 3 is 2.25 bits per heavy atom. The summed E-state index contributed by atoms with van der Waals surface area (Å²) in [7, 11) is 0. The molecular weight excluding hydrogens is 351 g/mol. The van der Waals surface area contributed by atoms with Gasteiger partial charge in [0, 0.05) is 5.56 Å². The van der Waals surface area contributed by atoms with Crippen molar-refractivity contribution in [1.29, 1.82) is 0 Å². The van der Waals surface area contributed by atoms with Gasteiger partial charge in [0.15, 0.2) is 0 Å². The molecule has 0 spiro atoms. The van der Waals surface area contributed by atoms with E-state index in [0.717, 1.165) is 4.90 Å². The van der Waals surface area contributed by atoms with Crippen molar-refractivity contribution in [1.82, 2.24) is 0 Å². The largest absolute Gasteiger partial charge is 0.381 e. The van der Waals surface area contributed by atoms with Crippen LogP contribution in [0.5, 0.6) is 0 Å². The van der Waals surface area contributed by atoms with Gasteiger partial charge in [-0.2, -0.15) is 0 Å². The number of hydrogen-bond donors (Lipinski definition) is 0. The van der Waals surface area contributed by atoms with Crippen LogP contribution in [0.4, 0.5) is 5.69 Å². The van der Waals surface area contributed by atoms with E-state index in [0.29, 0.717) is 21.3 Å². The Morgan fingerprint density at radius 2 is 1.58 bits per heavy atom. The van der Waals surface area contributed by atoms with Gasteiger partial charge in [-0.15, -0.1) is 0 Å². The van der Waals surface area contributed by atoms with Crippen molar-refractivity contribution in [2.45, 2.75) is 6.10 Å². The molecule has 0 aliphatic carbocycles. The van der Waals surface area contributed by atoms with Crippen molar-refractivity contribution in [3.63, 3.8) is 0 Å². The molecule has 5 nitrogen and oxygen atoms in total. The Morgan fingerprint density at radius 1 is 0.917 bits per heavy atom. The first-order valence-electron chi connectivity index (χ1n) is 7.20. The normalized spacial score (nSPS) is 22.4. The van der Waals surface area contributed by atoms with Gasteiger partial charge in [0.25, 0.3) is 5.91 Å². The van der Waals surface area contributed by atoms with Gasteiger partial charge in [-0.3, -0.25) is 9.59 Å². The summed E-state index contributed by atoms with van der Waals surface area (Å²) in [5, 5.41) is 4.62. The maximum atomic E-state index is 12.9. The minimum atomic E-state index is -0.986. The fraction of sp³-hybridized carbons (Fsp3) is 0.118. The van der Waals surface area contributed by atoms with Crippen molar-refractivity contribution in [3.05, 3.63) is 64.1 Å². The molecule has 2 aliphatic rings. The molecule has 24 heavy (non-hydrogen) atoms. The van der Waals surface area contributed by atoms with Gasteiger partial charge in [0.1, 0.15) is 11.6 Å². The molecule has 2 amide bonds. The van der Waals surface area contributed by atoms with Crippen molar-refractivity contribution < 1.29 is 14.4 Å². The summed E-state index contributed by atoms with van der Waals surface area (Å²) < 4.78 is 0. The lowest BCUT2D eigenvalue weighted by atomic mass is 9.94. The quantitative estimate of drug-likeness (QED) is 0.772. The third kappa shape index (κ3) is 2.12. The first-order chi connectivity index (χ1) is 11.6. The molecule has 4 rings (SSSR count). The molecule has 0 aromatic heterocycles. The highest BCUT2D eigenvalue weighted by Gasteiger charge is 2.56. The summed E-state index contributed by atoms with van der Waals surface area (Å²) in [4.78, 5) is 31.8. The van der Waals surface area contributed by atoms with Crippen LogP contribution < -0.4 is 4.90 Å². The lowest BCUT2D eigenvalue weighted by Crippen LogP contribution is -2.33. The number of amides is 2. The number of carbonyl (C=O) groups excluding carboxylic acids is 2. The molecule has 120 valence electrons. The zero-order chi connectivity index (χ0) is 16.8. The van der Waals surface area contributed by atoms with Crippen LogP contribution in [0.2, 0.25) is 10.0 Å². The highest BCUT2D eigenvalue weighted by molar-refractivity contribution is 6.43. The van der Waals surface area contributed by atoms with Crippen molar-refractivity contribution in [2.24, 2.45) is 11.1 Å². The minimum absolute atomic E-state index is 0.285. The average Bonchev–Trinajstić information content (AvgIpc) is 3.09. The highest BCUT2D eigenvalue weighted by atomic mass is 35.5. The molecule has 2 aromatic carbocycles. The predicted molar refractivity (Wildman–Crippen MR) is 90.3 cm³/mol. The number of anilines is 1. The van der Waals surface area contributed by atoms with E-state index in [4.69, 9.17) is 28.0 Å². The first-order valence-corrected chi connectivity index (χ1v) is 7.96. The summed E-state index contributed by atoms with van der Waals surface area (Å²) in [6.07, 6.45) is -0.986. The minimum Gasteiger partial charge on any atom is -0.381 e. The molecule has 2 aliphatic heterocycles. The third-order valence-corrected chi connectivity index (χ3v) is 4.68. The van der Waals surface area contributed by atoms with Crippen LogP contribution in [0.15, 0.2) is 53.7 Å². The predicted octanol–water partition coefficient (Wildman–Crippen LogP) is 3.29. The van der Waals surface area contributed by atoms with Gasteiger partial charge in [0.05, 0.1) is 15.7 Å². The van der Waals surface area contributed by atoms with E-state index >= 15 is 0 Å². The summed E-state index contributed by atoms with van der Waals surface area (Å²) in [5.74, 6) is -1.70. The first kappa shape index (κ1) is 15.2. The summed E-state index contributed by atoms with van der Waals surface area (Å²) in [6.45, 7) is 0. The molecule has 0 unspecified atom stereocenters. The summed E-state index contributed by atoms with van der Waals surface area (Å²) in [6, 6.07) is 13.7. The molecule has 7 heteroatoms. The SMILES string of the molecule is O=C1[C@@H]2C(c3c(Cl)cccc3Cl)=NO[C@H]2C(=O)N1c1ccccc1. The van der Waals surface area contributed by atoms with E-state index in [1.54, 1.807) is 42.5 Å². The second-order valence-corrected chi connectivity index (χ2v) is 6.24. The molecule has 2 heterocycles. The second-order valence-electron chi connectivity index (χ2n) is 5.42. The van der Waals surface area contributed by atoms with E-state index in [9.17, 15) is 9.59 Å². The van der Waals surface area contributed by atoms with Gasteiger partial charge in [-0.25, -0.2) is 4.90 Å². The molecule has 1 saturated heterocycles.